The van der Waals surface area contributed by atoms with Gasteiger partial charge >= 0.3 is 11.8 Å². The molecule has 1 fully saturated rings. The number of aromatic amines is 1. The number of fused-ring (bicyclic) bond motifs is 1. The maximum absolute atomic E-state index is 12.4. The van der Waals surface area contributed by atoms with Crippen LogP contribution in [0, 0.1) is 0 Å². The molecule has 7 nitrogen and oxygen atoms in total. The van der Waals surface area contributed by atoms with Gasteiger partial charge < -0.3 is 14.6 Å². The van der Waals surface area contributed by atoms with E-state index in [1.165, 1.54) is 0 Å². The summed E-state index contributed by atoms with van der Waals surface area (Å²) in [6.45, 7) is 8.72. The number of nitrogens with one attached hydrogen (secondary N) is 1. The van der Waals surface area contributed by atoms with E-state index in [4.69, 9.17) is 4.74 Å². The molecule has 0 aromatic carbocycles. The van der Waals surface area contributed by atoms with Crippen LogP contribution in [0.25, 0.3) is 11.2 Å². The third-order valence-electron chi connectivity index (χ3n) is 4.48. The van der Waals surface area contributed by atoms with Crippen molar-refractivity contribution in [3.63, 3.8) is 0 Å². The van der Waals surface area contributed by atoms with Crippen LogP contribution in [0.4, 0.5) is 4.79 Å². The normalized spacial score (nSPS) is 17.9. The smallest absolute Gasteiger partial charge is 0.410 e. The maximum Gasteiger partial charge on any atom is 0.410 e. The summed E-state index contributed by atoms with van der Waals surface area (Å²) in [7, 11) is 0. The first kappa shape index (κ1) is 16.5. The van der Waals surface area contributed by atoms with Crippen molar-refractivity contribution in [2.24, 2.45) is 0 Å². The minimum absolute atomic E-state index is 0.156. The molecule has 2 aromatic rings. The first-order valence-corrected chi connectivity index (χ1v) is 8.24. The van der Waals surface area contributed by atoms with Crippen molar-refractivity contribution in [3.05, 3.63) is 28.8 Å². The SMILES string of the molecule is CC(C)(C)OC(=O)N1CCC(C)(n2c(=O)[nH]c3cccnc32)CC1. The van der Waals surface area contributed by atoms with Crippen molar-refractivity contribution in [1.29, 1.82) is 0 Å². The van der Waals surface area contributed by atoms with Crippen LogP contribution < -0.4 is 5.69 Å². The molecule has 0 atom stereocenters. The highest BCUT2D eigenvalue weighted by molar-refractivity contribution is 5.70. The molecule has 1 saturated heterocycles. The number of hydrogen-bond acceptors (Lipinski definition) is 4. The number of carbonyl (C=O) groups excluding carboxylic acids is 1. The number of ether oxygens (including phenoxy) is 1. The summed E-state index contributed by atoms with van der Waals surface area (Å²) < 4.78 is 7.16. The molecular weight excluding hydrogens is 308 g/mol. The standard InChI is InChI=1S/C17H24N4O3/c1-16(2,3)24-15(23)20-10-7-17(4,8-11-20)21-13-12(19-14(21)22)6-5-9-18-13/h5-6,9H,7-8,10-11H2,1-4H3,(H,19,22). The van der Waals surface area contributed by atoms with Crippen LogP contribution in [-0.2, 0) is 10.3 Å². The predicted molar refractivity (Wildman–Crippen MR) is 91.0 cm³/mol. The van der Waals surface area contributed by atoms with Crippen LogP contribution in [0.15, 0.2) is 23.1 Å². The number of carbonyl (C=O) groups is 1. The first-order chi connectivity index (χ1) is 11.2. The number of pyridine rings is 1. The lowest BCUT2D eigenvalue weighted by Crippen LogP contribution is -2.50. The summed E-state index contributed by atoms with van der Waals surface area (Å²) in [5.74, 6) is 0. The summed E-state index contributed by atoms with van der Waals surface area (Å²) >= 11 is 0. The van der Waals surface area contributed by atoms with Gasteiger partial charge in [-0.15, -0.1) is 0 Å². The molecule has 0 unspecified atom stereocenters. The number of piperidine rings is 1. The van der Waals surface area contributed by atoms with Crippen LogP contribution in [-0.4, -0.2) is 44.2 Å². The van der Waals surface area contributed by atoms with Crippen LogP contribution in [0.3, 0.4) is 0 Å². The Balaban J connectivity index is 1.81. The number of likely N-dealkylation sites (tertiary alicyclic amines) is 1. The molecule has 2 aromatic heterocycles. The fraction of sp³-hybridized carbons (Fsp3) is 0.588. The average Bonchev–Trinajstić information content (AvgIpc) is 2.82. The van der Waals surface area contributed by atoms with Gasteiger partial charge in [0.15, 0.2) is 5.65 Å². The lowest BCUT2D eigenvalue weighted by atomic mass is 9.89. The number of H-pyrrole nitrogens is 1. The Hall–Kier alpha value is -2.31. The van der Waals surface area contributed by atoms with Gasteiger partial charge in [-0.1, -0.05) is 0 Å². The third kappa shape index (κ3) is 3.02. The van der Waals surface area contributed by atoms with Gasteiger partial charge in [0.25, 0.3) is 0 Å². The van der Waals surface area contributed by atoms with Crippen molar-refractivity contribution < 1.29 is 9.53 Å². The highest BCUT2D eigenvalue weighted by Gasteiger charge is 2.37. The molecular formula is C17H24N4O3. The zero-order valence-electron chi connectivity index (χ0n) is 14.6. The third-order valence-corrected chi connectivity index (χ3v) is 4.48. The lowest BCUT2D eigenvalue weighted by molar-refractivity contribution is 0.0131. The molecule has 0 radical (unpaired) electrons. The van der Waals surface area contributed by atoms with Crippen molar-refractivity contribution in [2.45, 2.75) is 51.7 Å². The van der Waals surface area contributed by atoms with E-state index >= 15 is 0 Å². The fourth-order valence-corrected chi connectivity index (χ4v) is 3.16. The van der Waals surface area contributed by atoms with Gasteiger partial charge in [-0.3, -0.25) is 4.57 Å². The van der Waals surface area contributed by atoms with Gasteiger partial charge in [0.2, 0.25) is 0 Å². The summed E-state index contributed by atoms with van der Waals surface area (Å²) in [5.41, 5.74) is 0.364. The summed E-state index contributed by atoms with van der Waals surface area (Å²) in [5, 5.41) is 0. The predicted octanol–water partition coefficient (Wildman–Crippen LogP) is 2.47. The molecule has 0 saturated carbocycles. The molecule has 130 valence electrons. The number of imidazole rings is 1. The molecule has 24 heavy (non-hydrogen) atoms. The van der Waals surface area contributed by atoms with Crippen LogP contribution in [0.1, 0.15) is 40.5 Å². The van der Waals surface area contributed by atoms with E-state index in [1.54, 1.807) is 21.7 Å². The average molecular weight is 332 g/mol. The van der Waals surface area contributed by atoms with Crippen LogP contribution in [0.5, 0.6) is 0 Å². The molecule has 1 N–H and O–H groups in total. The van der Waals surface area contributed by atoms with E-state index in [9.17, 15) is 9.59 Å². The van der Waals surface area contributed by atoms with Gasteiger partial charge in [0.1, 0.15) is 5.60 Å². The summed E-state index contributed by atoms with van der Waals surface area (Å²) in [6, 6.07) is 3.65. The van der Waals surface area contributed by atoms with Crippen molar-refractivity contribution in [3.8, 4) is 0 Å². The second kappa shape index (κ2) is 5.65. The Bertz CT molecular complexity index is 807. The van der Waals surface area contributed by atoms with Gasteiger partial charge in [0.05, 0.1) is 11.1 Å². The topological polar surface area (TPSA) is 80.2 Å². The van der Waals surface area contributed by atoms with Crippen LogP contribution in [0.2, 0.25) is 0 Å². The van der Waals surface area contributed by atoms with Crippen molar-refractivity contribution in [1.82, 2.24) is 19.4 Å². The van der Waals surface area contributed by atoms with Gasteiger partial charge in [-0.25, -0.2) is 14.6 Å². The Morgan fingerprint density at radius 1 is 1.33 bits per heavy atom. The van der Waals surface area contributed by atoms with E-state index in [-0.39, 0.29) is 17.3 Å². The molecule has 3 rings (SSSR count). The lowest BCUT2D eigenvalue weighted by Gasteiger charge is -2.40. The largest absolute Gasteiger partial charge is 0.444 e. The fourth-order valence-electron chi connectivity index (χ4n) is 3.16. The van der Waals surface area contributed by atoms with Gasteiger partial charge in [0, 0.05) is 19.3 Å². The van der Waals surface area contributed by atoms with Crippen molar-refractivity contribution in [2.75, 3.05) is 13.1 Å². The van der Waals surface area contributed by atoms with E-state index < -0.39 is 5.60 Å². The number of rotatable bonds is 1. The van der Waals surface area contributed by atoms with E-state index in [2.05, 4.69) is 9.97 Å². The highest BCUT2D eigenvalue weighted by atomic mass is 16.6. The van der Waals surface area contributed by atoms with Crippen LogP contribution >= 0.6 is 0 Å². The molecule has 1 aliphatic heterocycles. The second-order valence-electron chi connectivity index (χ2n) is 7.60. The maximum atomic E-state index is 12.4. The zero-order valence-corrected chi connectivity index (χ0v) is 14.6. The van der Waals surface area contributed by atoms with E-state index in [0.29, 0.717) is 31.6 Å². The number of aromatic nitrogens is 3. The molecule has 1 aliphatic rings. The number of hydrogen-bond donors (Lipinski definition) is 1. The summed E-state index contributed by atoms with van der Waals surface area (Å²) in [4.78, 5) is 33.5. The molecule has 0 spiro atoms. The Labute approximate surface area is 140 Å². The minimum atomic E-state index is -0.504. The number of amides is 1. The molecule has 0 bridgehead atoms. The zero-order chi connectivity index (χ0) is 17.5. The minimum Gasteiger partial charge on any atom is -0.444 e. The van der Waals surface area contributed by atoms with E-state index in [1.807, 2.05) is 33.8 Å². The Kier molecular flexibility index (Phi) is 3.89. The molecule has 1 amide bonds. The Morgan fingerprint density at radius 3 is 2.62 bits per heavy atom. The second-order valence-corrected chi connectivity index (χ2v) is 7.60. The van der Waals surface area contributed by atoms with Crippen molar-refractivity contribution >= 4 is 17.3 Å². The quantitative estimate of drug-likeness (QED) is 0.870. The molecule has 3 heterocycles. The van der Waals surface area contributed by atoms with Gasteiger partial charge in [-0.2, -0.15) is 0 Å². The monoisotopic (exact) mass is 332 g/mol. The molecule has 7 heteroatoms. The number of nitrogens with zero attached hydrogens (tertiary/aromatic N) is 3. The highest BCUT2D eigenvalue weighted by Crippen LogP contribution is 2.31. The van der Waals surface area contributed by atoms with E-state index in [0.717, 1.165) is 5.52 Å². The van der Waals surface area contributed by atoms with Gasteiger partial charge in [-0.05, 0) is 52.7 Å². The molecule has 0 aliphatic carbocycles. The Morgan fingerprint density at radius 2 is 2.00 bits per heavy atom. The first-order valence-electron chi connectivity index (χ1n) is 8.24. The summed E-state index contributed by atoms with van der Waals surface area (Å²) in [6.07, 6.45) is 2.74.